The molecule has 0 amide bonds. The molecule has 1 aromatic carbocycles. The van der Waals surface area contributed by atoms with E-state index in [1.807, 2.05) is 12.1 Å². The van der Waals surface area contributed by atoms with Crippen LogP contribution in [0.3, 0.4) is 0 Å². The van der Waals surface area contributed by atoms with Gasteiger partial charge in [-0.15, -0.1) is 0 Å². The lowest BCUT2D eigenvalue weighted by molar-refractivity contribution is -0.217. The Balaban J connectivity index is 1.37. The van der Waals surface area contributed by atoms with E-state index in [4.69, 9.17) is 4.99 Å². The molecule has 0 radical (unpaired) electrons. The molecule has 2 heteroatoms. The summed E-state index contributed by atoms with van der Waals surface area (Å²) in [4.78, 5) is 16.9. The molecule has 0 bridgehead atoms. The standard InChI is InChI=1S/C38H53NO/c1-24(2)28-16-21-38(39-9)23-22-36(7)30(33(28)38)14-15-32-35(6)19-17-29(27-12-10-26(11-13-27)25(3)40)34(4,5)31(35)18-20-37(32,36)8/h10-13,17,28,30-33H,1,9,14-16,18-23H2,2-8H3/t28-,30+,31-,32+,33+,35-,36+,37+,38-/m0/s1. The van der Waals surface area contributed by atoms with Crippen molar-refractivity contribution in [3.05, 3.63) is 53.6 Å². The molecule has 0 unspecified atom stereocenters. The maximum absolute atomic E-state index is 11.9. The Hall–Kier alpha value is -1.96. The van der Waals surface area contributed by atoms with E-state index in [0.717, 1.165) is 17.4 Å². The normalized spacial score (nSPS) is 45.3. The van der Waals surface area contributed by atoms with E-state index in [0.29, 0.717) is 34.0 Å². The highest BCUT2D eigenvalue weighted by atomic mass is 16.1. The first-order chi connectivity index (χ1) is 18.7. The average molecular weight is 540 g/mol. The van der Waals surface area contributed by atoms with Gasteiger partial charge in [-0.2, -0.15) is 0 Å². The Morgan fingerprint density at radius 1 is 0.850 bits per heavy atom. The minimum Gasteiger partial charge on any atom is -0.295 e. The van der Waals surface area contributed by atoms with Gasteiger partial charge in [-0.25, -0.2) is 0 Å². The number of hydrogen-bond donors (Lipinski definition) is 0. The van der Waals surface area contributed by atoms with Crippen LogP contribution in [0.25, 0.3) is 5.57 Å². The third-order valence-electron chi connectivity index (χ3n) is 14.5. The van der Waals surface area contributed by atoms with E-state index in [1.54, 1.807) is 6.92 Å². The van der Waals surface area contributed by atoms with Gasteiger partial charge in [0, 0.05) is 5.56 Å². The first-order valence-corrected chi connectivity index (χ1v) is 16.2. The van der Waals surface area contributed by atoms with Crippen LogP contribution in [-0.4, -0.2) is 18.0 Å². The van der Waals surface area contributed by atoms with Gasteiger partial charge < -0.3 is 0 Å². The van der Waals surface area contributed by atoms with Crippen molar-refractivity contribution in [1.29, 1.82) is 0 Å². The lowest BCUT2D eigenvalue weighted by Gasteiger charge is -2.72. The number of ketones is 1. The Morgan fingerprint density at radius 2 is 1.55 bits per heavy atom. The summed E-state index contributed by atoms with van der Waals surface area (Å²) < 4.78 is 0. The predicted octanol–water partition coefficient (Wildman–Crippen LogP) is 9.99. The molecular weight excluding hydrogens is 486 g/mol. The van der Waals surface area contributed by atoms with Crippen LogP contribution < -0.4 is 0 Å². The van der Waals surface area contributed by atoms with Gasteiger partial charge in [0.15, 0.2) is 5.78 Å². The maximum atomic E-state index is 11.9. The number of allylic oxidation sites excluding steroid dienone is 3. The number of rotatable bonds is 4. The molecule has 0 heterocycles. The second-order valence-corrected chi connectivity index (χ2v) is 16.1. The molecule has 5 aliphatic carbocycles. The molecule has 40 heavy (non-hydrogen) atoms. The molecule has 6 rings (SSSR count). The summed E-state index contributed by atoms with van der Waals surface area (Å²) in [6.07, 6.45) is 14.1. The summed E-state index contributed by atoms with van der Waals surface area (Å²) in [7, 11) is 0. The van der Waals surface area contributed by atoms with E-state index in [1.165, 1.54) is 74.5 Å². The quantitative estimate of drug-likeness (QED) is 0.213. The van der Waals surface area contributed by atoms with E-state index in [-0.39, 0.29) is 16.7 Å². The van der Waals surface area contributed by atoms with Gasteiger partial charge in [0.1, 0.15) is 0 Å². The minimum atomic E-state index is 0.0838. The highest BCUT2D eigenvalue weighted by molar-refractivity contribution is 5.94. The molecular formula is C38H53NO. The Morgan fingerprint density at radius 3 is 2.17 bits per heavy atom. The first-order valence-electron chi connectivity index (χ1n) is 16.2. The smallest absolute Gasteiger partial charge is 0.159 e. The molecule has 0 aliphatic heterocycles. The van der Waals surface area contributed by atoms with E-state index in [2.05, 4.69) is 73.0 Å². The Bertz CT molecular complexity index is 1270. The predicted molar refractivity (Wildman–Crippen MR) is 169 cm³/mol. The van der Waals surface area contributed by atoms with Crippen LogP contribution in [0, 0.1) is 51.2 Å². The van der Waals surface area contributed by atoms with Crippen molar-refractivity contribution < 1.29 is 4.79 Å². The van der Waals surface area contributed by atoms with Gasteiger partial charge >= 0.3 is 0 Å². The number of Topliss-reactive ketones (excluding diaryl/α,β-unsaturated/α-hetero) is 1. The lowest BCUT2D eigenvalue weighted by Crippen LogP contribution is -2.66. The summed E-state index contributed by atoms with van der Waals surface area (Å²) in [5.41, 5.74) is 6.17. The van der Waals surface area contributed by atoms with Gasteiger partial charge in [0.25, 0.3) is 0 Å². The molecule has 0 N–H and O–H groups in total. The van der Waals surface area contributed by atoms with Crippen LogP contribution >= 0.6 is 0 Å². The van der Waals surface area contributed by atoms with Crippen molar-refractivity contribution in [3.63, 3.8) is 0 Å². The SMILES string of the molecule is C=N[C@]12CC[C@@H](C(=C)C)[C@@H]1[C@H]1CC[C@@H]3[C@@]4(C)CC=C(c5ccc(C(C)=O)cc5)C(C)(C)[C@@H]4CC[C@@]3(C)[C@]1(C)CC2. The fourth-order valence-electron chi connectivity index (χ4n) is 12.4. The molecule has 0 saturated heterocycles. The Labute approximate surface area is 244 Å². The second kappa shape index (κ2) is 9.02. The molecule has 0 aromatic heterocycles. The number of carbonyl (C=O) groups excluding carboxylic acids is 1. The molecule has 5 aliphatic rings. The van der Waals surface area contributed by atoms with Gasteiger partial charge in [0.2, 0.25) is 0 Å². The third-order valence-corrected chi connectivity index (χ3v) is 14.5. The summed E-state index contributed by atoms with van der Waals surface area (Å²) in [6, 6.07) is 8.41. The lowest BCUT2D eigenvalue weighted by atomic mass is 9.33. The van der Waals surface area contributed by atoms with Gasteiger partial charge in [-0.05, 0) is 141 Å². The molecule has 1 aromatic rings. The third kappa shape index (κ3) is 3.53. The van der Waals surface area contributed by atoms with Crippen molar-refractivity contribution in [3.8, 4) is 0 Å². The molecule has 4 saturated carbocycles. The largest absolute Gasteiger partial charge is 0.295 e. The minimum absolute atomic E-state index is 0.0838. The highest BCUT2D eigenvalue weighted by Crippen LogP contribution is 2.77. The van der Waals surface area contributed by atoms with Crippen LogP contribution in [0.1, 0.15) is 122 Å². The molecule has 9 atom stereocenters. The van der Waals surface area contributed by atoms with Gasteiger partial charge in [0.05, 0.1) is 5.54 Å². The van der Waals surface area contributed by atoms with E-state index in [9.17, 15) is 4.79 Å². The number of aliphatic imine (C=N–C) groups is 1. The van der Waals surface area contributed by atoms with Crippen molar-refractivity contribution in [1.82, 2.24) is 0 Å². The first kappa shape index (κ1) is 28.2. The van der Waals surface area contributed by atoms with Crippen molar-refractivity contribution in [2.45, 2.75) is 112 Å². The summed E-state index contributed by atoms with van der Waals surface area (Å²) in [6.45, 7) is 25.7. The van der Waals surface area contributed by atoms with E-state index < -0.39 is 0 Å². The Kier molecular flexibility index (Phi) is 6.35. The van der Waals surface area contributed by atoms with Crippen molar-refractivity contribution >= 4 is 18.1 Å². The van der Waals surface area contributed by atoms with Crippen LogP contribution in [0.5, 0.6) is 0 Å². The molecule has 4 fully saturated rings. The van der Waals surface area contributed by atoms with Crippen LogP contribution in [0.4, 0.5) is 0 Å². The van der Waals surface area contributed by atoms with Crippen molar-refractivity contribution in [2.24, 2.45) is 56.2 Å². The summed E-state index contributed by atoms with van der Waals surface area (Å²) >= 11 is 0. The molecule has 2 nitrogen and oxygen atoms in total. The molecule has 216 valence electrons. The monoisotopic (exact) mass is 539 g/mol. The summed E-state index contributed by atoms with van der Waals surface area (Å²) in [5.74, 6) is 3.50. The van der Waals surface area contributed by atoms with Crippen LogP contribution in [0.2, 0.25) is 0 Å². The number of carbonyl (C=O) groups is 1. The number of nitrogens with zero attached hydrogens (tertiary/aromatic N) is 1. The van der Waals surface area contributed by atoms with Crippen LogP contribution in [0.15, 0.2) is 47.5 Å². The summed E-state index contributed by atoms with van der Waals surface area (Å²) in [5, 5.41) is 0. The molecule has 0 spiro atoms. The van der Waals surface area contributed by atoms with Gasteiger partial charge in [-0.3, -0.25) is 9.79 Å². The fourth-order valence-corrected chi connectivity index (χ4v) is 12.4. The zero-order valence-electron chi connectivity index (χ0n) is 26.4. The number of fused-ring (bicyclic) bond motifs is 7. The zero-order valence-corrected chi connectivity index (χ0v) is 26.4. The fraction of sp³-hybridized carbons (Fsp3) is 0.684. The second-order valence-electron chi connectivity index (χ2n) is 16.1. The van der Waals surface area contributed by atoms with Gasteiger partial charge in [-0.1, -0.05) is 77.1 Å². The topological polar surface area (TPSA) is 29.4 Å². The van der Waals surface area contributed by atoms with Crippen LogP contribution in [-0.2, 0) is 0 Å². The maximum Gasteiger partial charge on any atom is 0.159 e. The number of hydrogen-bond acceptors (Lipinski definition) is 2. The highest BCUT2D eigenvalue weighted by Gasteiger charge is 2.70. The van der Waals surface area contributed by atoms with E-state index >= 15 is 0 Å². The zero-order chi connectivity index (χ0) is 28.9. The van der Waals surface area contributed by atoms with Crippen molar-refractivity contribution in [2.75, 3.05) is 0 Å². The number of benzene rings is 1. The average Bonchev–Trinajstić information content (AvgIpc) is 3.29.